The number of halogens is 1. The summed E-state index contributed by atoms with van der Waals surface area (Å²) in [6.45, 7) is 7.21. The third kappa shape index (κ3) is 5.70. The Hall–Kier alpha value is -3.48. The molecule has 40 heavy (non-hydrogen) atoms. The highest BCUT2D eigenvalue weighted by molar-refractivity contribution is 9.10. The van der Waals surface area contributed by atoms with Crippen LogP contribution >= 0.6 is 39.0 Å². The number of benzene rings is 1. The van der Waals surface area contributed by atoms with E-state index in [1.165, 1.54) is 27.7 Å². The number of methoxy groups -OCH3 is 1. The third-order valence-corrected chi connectivity index (χ3v) is 8.62. The number of aromatic nitrogens is 3. The highest BCUT2D eigenvalue weighted by Crippen LogP contribution is 2.35. The van der Waals surface area contributed by atoms with Crippen LogP contribution in [-0.4, -0.2) is 33.7 Å². The van der Waals surface area contributed by atoms with Crippen LogP contribution in [0.2, 0.25) is 0 Å². The van der Waals surface area contributed by atoms with Crippen LogP contribution in [0.1, 0.15) is 43.8 Å². The molecule has 1 aliphatic rings. The molecule has 4 heterocycles. The van der Waals surface area contributed by atoms with Gasteiger partial charge in [0.05, 0.1) is 39.5 Å². The highest BCUT2D eigenvalue weighted by Gasteiger charge is 2.33. The number of furan rings is 1. The van der Waals surface area contributed by atoms with Gasteiger partial charge in [-0.1, -0.05) is 23.5 Å². The number of hydrogen-bond acceptors (Lipinski definition) is 10. The second-order valence-corrected chi connectivity index (χ2v) is 12.0. The number of fused-ring (bicyclic) bond motifs is 1. The van der Waals surface area contributed by atoms with Crippen LogP contribution in [0.25, 0.3) is 6.08 Å². The monoisotopic (exact) mass is 640 g/mol. The maximum atomic E-state index is 13.8. The fourth-order valence-electron chi connectivity index (χ4n) is 4.16. The normalized spacial score (nSPS) is 15.3. The van der Waals surface area contributed by atoms with Crippen molar-refractivity contribution in [1.29, 1.82) is 0 Å². The lowest BCUT2D eigenvalue weighted by Crippen LogP contribution is -2.40. The number of rotatable bonds is 7. The average molecular weight is 642 g/mol. The Balaban J connectivity index is 1.60. The molecule has 0 saturated carbocycles. The van der Waals surface area contributed by atoms with Gasteiger partial charge in [-0.2, -0.15) is 0 Å². The van der Waals surface area contributed by atoms with Crippen molar-refractivity contribution in [3.05, 3.63) is 95.0 Å². The van der Waals surface area contributed by atoms with Crippen LogP contribution in [-0.2, 0) is 9.53 Å². The first-order valence-electron chi connectivity index (χ1n) is 12.3. The standard InChI is InChI=1S/C28H25BrN4O5S2/c1-14(2)37-25(35)22-16(4)32-28-33(23(22)17-6-8-18(36-5)9-7-17)24(34)21(39-28)13-19-12-20(29)26(38-19)40-27-30-11-10-15(3)31-27/h6-14,23H,1-5H3/b21-13+/t23-/m0/s1. The Morgan fingerprint density at radius 3 is 2.65 bits per heavy atom. The van der Waals surface area contributed by atoms with Crippen LogP contribution in [0.15, 0.2) is 82.8 Å². The summed E-state index contributed by atoms with van der Waals surface area (Å²) in [5, 5.41) is 1.12. The fourth-order valence-corrected chi connectivity index (χ4v) is 6.50. The van der Waals surface area contributed by atoms with E-state index in [1.54, 1.807) is 58.4 Å². The summed E-state index contributed by atoms with van der Waals surface area (Å²) in [6, 6.07) is 10.1. The largest absolute Gasteiger partial charge is 0.497 e. The van der Waals surface area contributed by atoms with Gasteiger partial charge < -0.3 is 13.9 Å². The van der Waals surface area contributed by atoms with E-state index >= 15 is 0 Å². The maximum Gasteiger partial charge on any atom is 0.338 e. The summed E-state index contributed by atoms with van der Waals surface area (Å²) in [5.74, 6) is 0.626. The molecule has 0 radical (unpaired) electrons. The Bertz CT molecular complexity index is 1810. The van der Waals surface area contributed by atoms with Crippen LogP contribution in [0, 0.1) is 6.92 Å². The van der Waals surface area contributed by atoms with Crippen molar-refractivity contribution in [3.63, 3.8) is 0 Å². The van der Waals surface area contributed by atoms with Gasteiger partial charge >= 0.3 is 5.97 Å². The van der Waals surface area contributed by atoms with Gasteiger partial charge in [0.15, 0.2) is 15.1 Å². The molecule has 9 nitrogen and oxygen atoms in total. The summed E-state index contributed by atoms with van der Waals surface area (Å²) < 4.78 is 19.5. The van der Waals surface area contributed by atoms with Crippen LogP contribution < -0.4 is 19.6 Å². The minimum absolute atomic E-state index is 0.296. The van der Waals surface area contributed by atoms with Crippen LogP contribution in [0.3, 0.4) is 0 Å². The van der Waals surface area contributed by atoms with E-state index in [1.807, 2.05) is 25.1 Å². The van der Waals surface area contributed by atoms with Gasteiger partial charge in [-0.3, -0.25) is 9.36 Å². The zero-order valence-electron chi connectivity index (χ0n) is 22.3. The van der Waals surface area contributed by atoms with Gasteiger partial charge in [0.25, 0.3) is 5.56 Å². The maximum absolute atomic E-state index is 13.8. The third-order valence-electron chi connectivity index (χ3n) is 5.92. The molecule has 12 heteroatoms. The number of ether oxygens (including phenoxy) is 2. The van der Waals surface area contributed by atoms with Gasteiger partial charge in [-0.25, -0.2) is 19.8 Å². The predicted molar refractivity (Wildman–Crippen MR) is 155 cm³/mol. The van der Waals surface area contributed by atoms with E-state index < -0.39 is 12.0 Å². The van der Waals surface area contributed by atoms with Crippen molar-refractivity contribution >= 4 is 51.1 Å². The molecule has 0 fully saturated rings. The van der Waals surface area contributed by atoms with Crippen molar-refractivity contribution in [2.45, 2.75) is 50.1 Å². The first-order valence-corrected chi connectivity index (χ1v) is 14.7. The Morgan fingerprint density at radius 1 is 1.23 bits per heavy atom. The molecule has 0 aliphatic carbocycles. The minimum atomic E-state index is -0.719. The lowest BCUT2D eigenvalue weighted by atomic mass is 9.96. The SMILES string of the molecule is COc1ccc([C@H]2C(C(=O)OC(C)C)=C(C)N=c3s/c(=C/c4cc(Br)c(Sc5nccc(C)n5)o4)c(=O)n32)cc1. The quantitative estimate of drug-likeness (QED) is 0.209. The van der Waals surface area contributed by atoms with E-state index in [4.69, 9.17) is 13.9 Å². The number of aryl methyl sites for hydroxylation is 1. The molecule has 0 bridgehead atoms. The number of nitrogens with zero attached hydrogens (tertiary/aromatic N) is 4. The van der Waals surface area contributed by atoms with Gasteiger partial charge in [-0.05, 0) is 85.2 Å². The van der Waals surface area contributed by atoms with Gasteiger partial charge in [0, 0.05) is 18.0 Å². The summed E-state index contributed by atoms with van der Waals surface area (Å²) in [5.41, 5.74) is 2.10. The summed E-state index contributed by atoms with van der Waals surface area (Å²) in [6.07, 6.45) is 3.03. The van der Waals surface area contributed by atoms with E-state index in [0.717, 1.165) is 11.3 Å². The summed E-state index contributed by atoms with van der Waals surface area (Å²) in [4.78, 5) is 40.9. The molecule has 4 aromatic rings. The first kappa shape index (κ1) is 28.1. The lowest BCUT2D eigenvalue weighted by Gasteiger charge is -2.25. The van der Waals surface area contributed by atoms with Gasteiger partial charge in [0.1, 0.15) is 11.5 Å². The van der Waals surface area contributed by atoms with Gasteiger partial charge in [-0.15, -0.1) is 0 Å². The molecule has 0 spiro atoms. The zero-order chi connectivity index (χ0) is 28.6. The Morgan fingerprint density at radius 2 is 1.98 bits per heavy atom. The lowest BCUT2D eigenvalue weighted by molar-refractivity contribution is -0.143. The highest BCUT2D eigenvalue weighted by atomic mass is 79.9. The fraction of sp³-hybridized carbons (Fsp3) is 0.250. The average Bonchev–Trinajstić information content (AvgIpc) is 3.40. The first-order chi connectivity index (χ1) is 19.1. The van der Waals surface area contributed by atoms with E-state index in [2.05, 4.69) is 30.9 Å². The smallest absolute Gasteiger partial charge is 0.338 e. The van der Waals surface area contributed by atoms with Crippen LogP contribution in [0.5, 0.6) is 5.75 Å². The molecule has 206 valence electrons. The molecule has 3 aromatic heterocycles. The van der Waals surface area contributed by atoms with Crippen molar-refractivity contribution < 1.29 is 18.7 Å². The van der Waals surface area contributed by atoms with Crippen LogP contribution in [0.4, 0.5) is 0 Å². The molecule has 0 saturated heterocycles. The predicted octanol–water partition coefficient (Wildman–Crippen LogP) is 4.80. The van der Waals surface area contributed by atoms with E-state index in [0.29, 0.717) is 46.8 Å². The van der Waals surface area contributed by atoms with E-state index in [-0.39, 0.29) is 11.7 Å². The Labute approximate surface area is 246 Å². The van der Waals surface area contributed by atoms with Crippen molar-refractivity contribution in [1.82, 2.24) is 14.5 Å². The van der Waals surface area contributed by atoms with Gasteiger partial charge in [0.2, 0.25) is 0 Å². The summed E-state index contributed by atoms with van der Waals surface area (Å²) >= 11 is 6.03. The number of carbonyl (C=O) groups excluding carboxylic acids is 1. The second-order valence-electron chi connectivity index (χ2n) is 9.18. The van der Waals surface area contributed by atoms with Crippen molar-refractivity contribution in [2.24, 2.45) is 4.99 Å². The topological polar surface area (TPSA) is 109 Å². The molecular weight excluding hydrogens is 616 g/mol. The summed E-state index contributed by atoms with van der Waals surface area (Å²) in [7, 11) is 1.58. The number of hydrogen-bond donors (Lipinski definition) is 0. The molecule has 1 atom stereocenters. The number of allylic oxidation sites excluding steroid dienone is 1. The molecule has 1 aliphatic heterocycles. The van der Waals surface area contributed by atoms with Crippen molar-refractivity contribution in [3.8, 4) is 5.75 Å². The molecular formula is C28H25BrN4O5S2. The van der Waals surface area contributed by atoms with E-state index in [9.17, 15) is 9.59 Å². The molecule has 0 amide bonds. The molecule has 1 aromatic carbocycles. The second kappa shape index (κ2) is 11.6. The molecule has 0 unspecified atom stereocenters. The minimum Gasteiger partial charge on any atom is -0.497 e. The van der Waals surface area contributed by atoms with Crippen molar-refractivity contribution in [2.75, 3.05) is 7.11 Å². The zero-order valence-corrected chi connectivity index (χ0v) is 25.5. The molecule has 0 N–H and O–H groups in total. The number of thiazole rings is 1. The Kier molecular flexibility index (Phi) is 8.11. The number of esters is 1. The molecule has 5 rings (SSSR count). The number of carbonyl (C=O) groups is 1.